The topological polar surface area (TPSA) is 53.6 Å². The number of nitrogens with zero attached hydrogens (tertiary/aromatic N) is 1. The van der Waals surface area contributed by atoms with Crippen LogP contribution in [-0.2, 0) is 4.74 Å². The fourth-order valence-electron chi connectivity index (χ4n) is 2.04. The smallest absolute Gasteiger partial charge is 0.321 e. The summed E-state index contributed by atoms with van der Waals surface area (Å²) in [5.74, 6) is 0. The van der Waals surface area contributed by atoms with Gasteiger partial charge in [-0.05, 0) is 18.2 Å². The monoisotopic (exact) mass is 233 g/mol. The predicted octanol–water partition coefficient (Wildman–Crippen LogP) is 1.03. The van der Waals surface area contributed by atoms with E-state index in [2.05, 4.69) is 10.6 Å². The molecule has 2 aliphatic rings. The molecule has 17 heavy (non-hydrogen) atoms. The van der Waals surface area contributed by atoms with Gasteiger partial charge >= 0.3 is 6.03 Å². The molecule has 0 unspecified atom stereocenters. The van der Waals surface area contributed by atoms with Gasteiger partial charge in [-0.25, -0.2) is 4.79 Å². The summed E-state index contributed by atoms with van der Waals surface area (Å²) in [6.07, 6.45) is 0. The van der Waals surface area contributed by atoms with Crippen LogP contribution in [0.3, 0.4) is 0 Å². The number of hydrogen-bond donors (Lipinski definition) is 2. The molecule has 0 bridgehead atoms. The van der Waals surface area contributed by atoms with E-state index in [4.69, 9.17) is 4.74 Å². The van der Waals surface area contributed by atoms with Gasteiger partial charge in [-0.15, -0.1) is 0 Å². The molecular weight excluding hydrogens is 218 g/mol. The SMILES string of the molecule is O=C1NCCN1c1cccc(NC2COC2)c1. The molecule has 1 aromatic rings. The third kappa shape index (κ3) is 2.06. The van der Waals surface area contributed by atoms with Crippen molar-refractivity contribution in [2.75, 3.05) is 36.5 Å². The molecule has 3 rings (SSSR count). The van der Waals surface area contributed by atoms with Gasteiger partial charge in [0.25, 0.3) is 0 Å². The number of ether oxygens (including phenoxy) is 1. The van der Waals surface area contributed by atoms with Gasteiger partial charge in [0, 0.05) is 24.5 Å². The molecule has 2 aliphatic heterocycles. The Hall–Kier alpha value is -1.75. The van der Waals surface area contributed by atoms with E-state index in [9.17, 15) is 4.79 Å². The van der Waals surface area contributed by atoms with Gasteiger partial charge in [-0.1, -0.05) is 6.07 Å². The van der Waals surface area contributed by atoms with Crippen LogP contribution in [0, 0.1) is 0 Å². The van der Waals surface area contributed by atoms with Crippen LogP contribution in [0.1, 0.15) is 0 Å². The molecule has 0 saturated carbocycles. The highest BCUT2D eigenvalue weighted by atomic mass is 16.5. The van der Waals surface area contributed by atoms with Gasteiger partial charge in [0.05, 0.1) is 19.3 Å². The molecule has 90 valence electrons. The lowest BCUT2D eigenvalue weighted by Gasteiger charge is -2.28. The second kappa shape index (κ2) is 4.25. The van der Waals surface area contributed by atoms with E-state index >= 15 is 0 Å². The molecule has 2 heterocycles. The van der Waals surface area contributed by atoms with Gasteiger partial charge in [-0.3, -0.25) is 4.90 Å². The van der Waals surface area contributed by atoms with Crippen LogP contribution in [-0.4, -0.2) is 38.4 Å². The summed E-state index contributed by atoms with van der Waals surface area (Å²) in [6, 6.07) is 8.31. The van der Waals surface area contributed by atoms with Crippen LogP contribution in [0.15, 0.2) is 24.3 Å². The first-order valence-electron chi connectivity index (χ1n) is 5.83. The molecular formula is C12H15N3O2. The van der Waals surface area contributed by atoms with Crippen LogP contribution in [0.5, 0.6) is 0 Å². The number of nitrogens with one attached hydrogen (secondary N) is 2. The third-order valence-electron chi connectivity index (χ3n) is 3.02. The standard InChI is InChI=1S/C12H15N3O2/c16-12-13-4-5-15(12)11-3-1-2-9(6-11)14-10-7-17-8-10/h1-3,6,10,14H,4-5,7-8H2,(H,13,16). The van der Waals surface area contributed by atoms with Crippen molar-refractivity contribution < 1.29 is 9.53 Å². The van der Waals surface area contributed by atoms with Crippen LogP contribution in [0.2, 0.25) is 0 Å². The summed E-state index contributed by atoms with van der Waals surface area (Å²) >= 11 is 0. The lowest BCUT2D eigenvalue weighted by Crippen LogP contribution is -2.40. The Morgan fingerprint density at radius 1 is 1.41 bits per heavy atom. The van der Waals surface area contributed by atoms with Crippen molar-refractivity contribution >= 4 is 17.4 Å². The molecule has 0 spiro atoms. The van der Waals surface area contributed by atoms with Crippen LogP contribution in [0.25, 0.3) is 0 Å². The average molecular weight is 233 g/mol. The first-order valence-corrected chi connectivity index (χ1v) is 5.83. The Balaban J connectivity index is 1.75. The highest BCUT2D eigenvalue weighted by Crippen LogP contribution is 2.22. The number of anilines is 2. The molecule has 0 radical (unpaired) electrons. The second-order valence-corrected chi connectivity index (χ2v) is 4.31. The van der Waals surface area contributed by atoms with E-state index < -0.39 is 0 Å². The number of benzene rings is 1. The molecule has 5 heteroatoms. The van der Waals surface area contributed by atoms with Crippen molar-refractivity contribution in [3.8, 4) is 0 Å². The summed E-state index contributed by atoms with van der Waals surface area (Å²) in [7, 11) is 0. The van der Waals surface area contributed by atoms with Crippen molar-refractivity contribution in [1.82, 2.24) is 5.32 Å². The predicted molar refractivity (Wildman–Crippen MR) is 65.4 cm³/mol. The molecule has 2 fully saturated rings. The molecule has 2 saturated heterocycles. The molecule has 2 amide bonds. The van der Waals surface area contributed by atoms with Crippen LogP contribution in [0.4, 0.5) is 16.2 Å². The third-order valence-corrected chi connectivity index (χ3v) is 3.02. The van der Waals surface area contributed by atoms with Crippen molar-refractivity contribution in [3.05, 3.63) is 24.3 Å². The molecule has 5 nitrogen and oxygen atoms in total. The van der Waals surface area contributed by atoms with Crippen molar-refractivity contribution in [1.29, 1.82) is 0 Å². The van der Waals surface area contributed by atoms with Gasteiger partial charge in [0.15, 0.2) is 0 Å². The lowest BCUT2D eigenvalue weighted by molar-refractivity contribution is 0.0211. The highest BCUT2D eigenvalue weighted by molar-refractivity contribution is 5.94. The van der Waals surface area contributed by atoms with Crippen molar-refractivity contribution in [3.63, 3.8) is 0 Å². The minimum Gasteiger partial charge on any atom is -0.378 e. The fraction of sp³-hybridized carbons (Fsp3) is 0.417. The van der Waals surface area contributed by atoms with Crippen LogP contribution < -0.4 is 15.5 Å². The lowest BCUT2D eigenvalue weighted by atomic mass is 10.2. The van der Waals surface area contributed by atoms with Crippen LogP contribution >= 0.6 is 0 Å². The maximum Gasteiger partial charge on any atom is 0.321 e. The number of carbonyl (C=O) groups is 1. The number of rotatable bonds is 3. The van der Waals surface area contributed by atoms with Gasteiger partial charge in [0.2, 0.25) is 0 Å². The molecule has 0 aromatic heterocycles. The zero-order valence-electron chi connectivity index (χ0n) is 9.48. The number of amides is 2. The van der Waals surface area contributed by atoms with E-state index in [0.29, 0.717) is 12.6 Å². The Labute approximate surface area is 99.7 Å². The summed E-state index contributed by atoms with van der Waals surface area (Å²) in [4.78, 5) is 13.3. The first-order chi connectivity index (χ1) is 8.33. The minimum atomic E-state index is -0.0193. The summed E-state index contributed by atoms with van der Waals surface area (Å²) in [5.41, 5.74) is 1.97. The largest absolute Gasteiger partial charge is 0.378 e. The molecule has 1 aromatic carbocycles. The van der Waals surface area contributed by atoms with Crippen molar-refractivity contribution in [2.24, 2.45) is 0 Å². The Morgan fingerprint density at radius 3 is 2.94 bits per heavy atom. The van der Waals surface area contributed by atoms with Crippen molar-refractivity contribution in [2.45, 2.75) is 6.04 Å². The zero-order chi connectivity index (χ0) is 11.7. The number of carbonyl (C=O) groups excluding carboxylic acids is 1. The molecule has 0 aliphatic carbocycles. The second-order valence-electron chi connectivity index (χ2n) is 4.31. The normalized spacial score (nSPS) is 20.0. The molecule has 0 atom stereocenters. The molecule has 2 N–H and O–H groups in total. The Bertz CT molecular complexity index is 432. The zero-order valence-corrected chi connectivity index (χ0v) is 9.48. The number of hydrogen-bond acceptors (Lipinski definition) is 3. The Morgan fingerprint density at radius 2 is 2.29 bits per heavy atom. The quantitative estimate of drug-likeness (QED) is 0.819. The average Bonchev–Trinajstić information content (AvgIpc) is 2.71. The van der Waals surface area contributed by atoms with E-state index in [1.54, 1.807) is 4.90 Å². The highest BCUT2D eigenvalue weighted by Gasteiger charge is 2.22. The van der Waals surface area contributed by atoms with E-state index in [1.165, 1.54) is 0 Å². The van der Waals surface area contributed by atoms with E-state index in [-0.39, 0.29) is 6.03 Å². The Kier molecular flexibility index (Phi) is 2.60. The van der Waals surface area contributed by atoms with E-state index in [0.717, 1.165) is 31.1 Å². The summed E-state index contributed by atoms with van der Waals surface area (Å²) in [6.45, 7) is 2.96. The maximum absolute atomic E-state index is 11.5. The van der Waals surface area contributed by atoms with Gasteiger partial charge < -0.3 is 15.4 Å². The van der Waals surface area contributed by atoms with E-state index in [1.807, 2.05) is 24.3 Å². The van der Waals surface area contributed by atoms with Gasteiger partial charge in [0.1, 0.15) is 0 Å². The summed E-state index contributed by atoms with van der Waals surface area (Å²) < 4.78 is 5.12. The van der Waals surface area contributed by atoms with Gasteiger partial charge in [-0.2, -0.15) is 0 Å². The number of urea groups is 1. The summed E-state index contributed by atoms with van der Waals surface area (Å²) in [5, 5.41) is 6.17. The first kappa shape index (κ1) is 10.4. The minimum absolute atomic E-state index is 0.0193. The fourth-order valence-corrected chi connectivity index (χ4v) is 2.04. The maximum atomic E-state index is 11.5.